The van der Waals surface area contributed by atoms with E-state index in [1.165, 1.54) is 19.3 Å². The van der Waals surface area contributed by atoms with Gasteiger partial charge in [0.2, 0.25) is 0 Å². The minimum absolute atomic E-state index is 0.0302. The third-order valence-electron chi connectivity index (χ3n) is 5.94. The molecule has 2 fully saturated rings. The molecule has 1 saturated carbocycles. The first-order chi connectivity index (χ1) is 12.7. The number of rotatable bonds is 6. The Balaban J connectivity index is 1.55. The number of hydrogen-bond donors (Lipinski definition) is 1. The summed E-state index contributed by atoms with van der Waals surface area (Å²) < 4.78 is 10.6. The summed E-state index contributed by atoms with van der Waals surface area (Å²) in [6, 6.07) is 7.63. The predicted molar refractivity (Wildman–Crippen MR) is 103 cm³/mol. The Bertz CT molecular complexity index is 567. The molecule has 1 unspecified atom stereocenters. The molecule has 3 rings (SSSR count). The Morgan fingerprint density at radius 3 is 2.42 bits per heavy atom. The van der Waals surface area contributed by atoms with E-state index in [1.54, 1.807) is 7.11 Å². The van der Waals surface area contributed by atoms with Gasteiger partial charge in [0.1, 0.15) is 5.75 Å². The van der Waals surface area contributed by atoms with Crippen molar-refractivity contribution >= 4 is 5.91 Å². The SMILES string of the molecule is COc1ccc(C(=O)NC2CCCC[C@H]2CN2CCC(OC)CC2)cc1. The van der Waals surface area contributed by atoms with Crippen molar-refractivity contribution in [3.63, 3.8) is 0 Å². The summed E-state index contributed by atoms with van der Waals surface area (Å²) in [6.07, 6.45) is 7.42. The van der Waals surface area contributed by atoms with E-state index in [0.29, 0.717) is 17.6 Å². The van der Waals surface area contributed by atoms with E-state index in [-0.39, 0.29) is 11.9 Å². The van der Waals surface area contributed by atoms with E-state index >= 15 is 0 Å². The Hall–Kier alpha value is -1.59. The van der Waals surface area contributed by atoms with Crippen molar-refractivity contribution in [2.24, 2.45) is 5.92 Å². The Kier molecular flexibility index (Phi) is 6.92. The molecule has 5 nitrogen and oxygen atoms in total. The van der Waals surface area contributed by atoms with E-state index < -0.39 is 0 Å². The van der Waals surface area contributed by atoms with E-state index in [1.807, 2.05) is 31.4 Å². The van der Waals surface area contributed by atoms with Gasteiger partial charge in [-0.25, -0.2) is 0 Å². The highest BCUT2D eigenvalue weighted by atomic mass is 16.5. The highest BCUT2D eigenvalue weighted by Crippen LogP contribution is 2.27. The molecule has 1 aromatic carbocycles. The van der Waals surface area contributed by atoms with Crippen molar-refractivity contribution in [1.29, 1.82) is 0 Å². The van der Waals surface area contributed by atoms with Crippen LogP contribution in [0.5, 0.6) is 5.75 Å². The maximum atomic E-state index is 12.7. The molecule has 1 aromatic rings. The standard InChI is InChI=1S/C21H32N2O3/c1-25-18-9-7-16(8-10-18)21(24)22-20-6-4-3-5-17(20)15-23-13-11-19(26-2)12-14-23/h7-10,17,19-20H,3-6,11-15H2,1-2H3,(H,22,24)/t17-,20?/m0/s1. The average Bonchev–Trinajstić information content (AvgIpc) is 2.70. The molecular formula is C21H32N2O3. The second-order valence-corrected chi connectivity index (χ2v) is 7.59. The number of amides is 1. The number of nitrogens with one attached hydrogen (secondary N) is 1. The van der Waals surface area contributed by atoms with Crippen LogP contribution >= 0.6 is 0 Å². The van der Waals surface area contributed by atoms with Crippen LogP contribution in [0.2, 0.25) is 0 Å². The predicted octanol–water partition coefficient (Wildman–Crippen LogP) is 3.09. The number of ether oxygens (including phenoxy) is 2. The van der Waals surface area contributed by atoms with Crippen LogP contribution in [-0.4, -0.2) is 56.8 Å². The van der Waals surface area contributed by atoms with Crippen LogP contribution in [0.25, 0.3) is 0 Å². The second kappa shape index (κ2) is 9.38. The molecule has 1 amide bonds. The molecule has 1 heterocycles. The van der Waals surface area contributed by atoms with Gasteiger partial charge < -0.3 is 19.7 Å². The Morgan fingerprint density at radius 1 is 1.08 bits per heavy atom. The molecule has 5 heteroatoms. The van der Waals surface area contributed by atoms with Crippen LogP contribution in [0.3, 0.4) is 0 Å². The van der Waals surface area contributed by atoms with Gasteiger partial charge in [0, 0.05) is 38.3 Å². The molecule has 144 valence electrons. The summed E-state index contributed by atoms with van der Waals surface area (Å²) in [7, 11) is 3.45. The molecule has 1 aliphatic heterocycles. The summed E-state index contributed by atoms with van der Waals surface area (Å²) in [4.78, 5) is 15.2. The van der Waals surface area contributed by atoms with Gasteiger partial charge in [-0.2, -0.15) is 0 Å². The van der Waals surface area contributed by atoms with E-state index in [0.717, 1.165) is 44.6 Å². The van der Waals surface area contributed by atoms with Gasteiger partial charge in [-0.15, -0.1) is 0 Å². The first-order valence-electron chi connectivity index (χ1n) is 9.89. The molecule has 0 radical (unpaired) electrons. The summed E-state index contributed by atoms with van der Waals surface area (Å²) >= 11 is 0. The van der Waals surface area contributed by atoms with Crippen molar-refractivity contribution in [3.8, 4) is 5.75 Å². The summed E-state index contributed by atoms with van der Waals surface area (Å²) in [5.74, 6) is 1.35. The van der Waals surface area contributed by atoms with Crippen molar-refractivity contribution in [1.82, 2.24) is 10.2 Å². The summed E-state index contributed by atoms with van der Waals surface area (Å²) in [5.41, 5.74) is 0.705. The lowest BCUT2D eigenvalue weighted by Crippen LogP contribution is -2.48. The van der Waals surface area contributed by atoms with Gasteiger partial charge >= 0.3 is 0 Å². The third-order valence-corrected chi connectivity index (χ3v) is 5.94. The third kappa shape index (κ3) is 4.98. The topological polar surface area (TPSA) is 50.8 Å². The van der Waals surface area contributed by atoms with Crippen molar-refractivity contribution in [2.45, 2.75) is 50.7 Å². The number of hydrogen-bond acceptors (Lipinski definition) is 4. The lowest BCUT2D eigenvalue weighted by molar-refractivity contribution is 0.0321. The number of carbonyl (C=O) groups excluding carboxylic acids is 1. The Labute approximate surface area is 157 Å². The van der Waals surface area contributed by atoms with Crippen LogP contribution in [0.4, 0.5) is 0 Å². The Morgan fingerprint density at radius 2 is 1.77 bits per heavy atom. The molecular weight excluding hydrogens is 328 g/mol. The zero-order valence-electron chi connectivity index (χ0n) is 16.1. The molecule has 1 saturated heterocycles. The van der Waals surface area contributed by atoms with Crippen molar-refractivity contribution in [2.75, 3.05) is 33.9 Å². The van der Waals surface area contributed by atoms with Gasteiger partial charge in [-0.05, 0) is 55.9 Å². The molecule has 0 aromatic heterocycles. The maximum Gasteiger partial charge on any atom is 0.251 e. The maximum absolute atomic E-state index is 12.7. The van der Waals surface area contributed by atoms with Crippen molar-refractivity contribution in [3.05, 3.63) is 29.8 Å². The number of carbonyl (C=O) groups is 1. The van der Waals surface area contributed by atoms with Crippen LogP contribution < -0.4 is 10.1 Å². The molecule has 26 heavy (non-hydrogen) atoms. The van der Waals surface area contributed by atoms with Crippen molar-refractivity contribution < 1.29 is 14.3 Å². The van der Waals surface area contributed by atoms with Gasteiger partial charge in [0.05, 0.1) is 13.2 Å². The minimum Gasteiger partial charge on any atom is -0.497 e. The van der Waals surface area contributed by atoms with Crippen LogP contribution in [-0.2, 0) is 4.74 Å². The monoisotopic (exact) mass is 360 g/mol. The molecule has 0 bridgehead atoms. The minimum atomic E-state index is 0.0302. The number of benzene rings is 1. The van der Waals surface area contributed by atoms with Crippen LogP contribution in [0, 0.1) is 5.92 Å². The summed E-state index contributed by atoms with van der Waals surface area (Å²) in [5, 5.41) is 3.30. The number of piperidine rings is 1. The number of nitrogens with zero attached hydrogens (tertiary/aromatic N) is 1. The lowest BCUT2D eigenvalue weighted by atomic mass is 9.83. The van der Waals surface area contributed by atoms with Gasteiger partial charge in [0.15, 0.2) is 0 Å². The first kappa shape index (κ1) is 19.2. The largest absolute Gasteiger partial charge is 0.497 e. The highest BCUT2D eigenvalue weighted by molar-refractivity contribution is 5.94. The average molecular weight is 360 g/mol. The fraction of sp³-hybridized carbons (Fsp3) is 0.667. The molecule has 1 N–H and O–H groups in total. The number of methoxy groups -OCH3 is 2. The number of likely N-dealkylation sites (tertiary alicyclic amines) is 1. The lowest BCUT2D eigenvalue weighted by Gasteiger charge is -2.38. The first-order valence-corrected chi connectivity index (χ1v) is 9.89. The molecule has 1 aliphatic carbocycles. The van der Waals surface area contributed by atoms with E-state index in [9.17, 15) is 4.79 Å². The normalized spacial score (nSPS) is 25.0. The van der Waals surface area contributed by atoms with E-state index in [2.05, 4.69) is 10.2 Å². The quantitative estimate of drug-likeness (QED) is 0.847. The van der Waals surface area contributed by atoms with Crippen LogP contribution in [0.15, 0.2) is 24.3 Å². The molecule has 2 aliphatic rings. The fourth-order valence-corrected chi connectivity index (χ4v) is 4.27. The summed E-state index contributed by atoms with van der Waals surface area (Å²) in [6.45, 7) is 3.30. The van der Waals surface area contributed by atoms with Gasteiger partial charge in [0.25, 0.3) is 5.91 Å². The zero-order valence-corrected chi connectivity index (χ0v) is 16.1. The van der Waals surface area contributed by atoms with Gasteiger partial charge in [-0.1, -0.05) is 12.8 Å². The smallest absolute Gasteiger partial charge is 0.251 e. The molecule has 0 spiro atoms. The van der Waals surface area contributed by atoms with E-state index in [4.69, 9.17) is 9.47 Å². The second-order valence-electron chi connectivity index (χ2n) is 7.59. The molecule has 2 atom stereocenters. The zero-order chi connectivity index (χ0) is 18.4. The van der Waals surface area contributed by atoms with Crippen LogP contribution in [0.1, 0.15) is 48.9 Å². The highest BCUT2D eigenvalue weighted by Gasteiger charge is 2.29. The van der Waals surface area contributed by atoms with Gasteiger partial charge in [-0.3, -0.25) is 4.79 Å². The fourth-order valence-electron chi connectivity index (χ4n) is 4.27.